The fourth-order valence-corrected chi connectivity index (χ4v) is 2.62. The zero-order valence-corrected chi connectivity index (χ0v) is 10.1. The van der Waals surface area contributed by atoms with Crippen molar-refractivity contribution in [2.24, 2.45) is 0 Å². The molecule has 0 heterocycles. The molecule has 2 N–H and O–H groups in total. The molecule has 0 saturated carbocycles. The van der Waals surface area contributed by atoms with Gasteiger partial charge in [-0.3, -0.25) is 0 Å². The number of hydrogen-bond acceptors (Lipinski definition) is 2. The Bertz CT molecular complexity index is 446. The Labute approximate surface area is 105 Å². The van der Waals surface area contributed by atoms with Gasteiger partial charge in [0.15, 0.2) is 0 Å². The van der Waals surface area contributed by atoms with Crippen molar-refractivity contribution in [2.45, 2.75) is 38.5 Å². The van der Waals surface area contributed by atoms with Crippen molar-refractivity contribution in [3.63, 3.8) is 0 Å². The topological polar surface area (TPSA) is 74.6 Å². The van der Waals surface area contributed by atoms with Crippen molar-refractivity contribution in [1.82, 2.24) is 0 Å². The number of rotatable bonds is 2. The summed E-state index contributed by atoms with van der Waals surface area (Å²) in [5.41, 5.74) is 1.97. The molecule has 0 unspecified atom stereocenters. The van der Waals surface area contributed by atoms with E-state index in [2.05, 4.69) is 0 Å². The monoisotopic (exact) mass is 248 g/mol. The van der Waals surface area contributed by atoms with Gasteiger partial charge in [0.05, 0.1) is 11.1 Å². The van der Waals surface area contributed by atoms with Crippen LogP contribution in [0.2, 0.25) is 0 Å². The van der Waals surface area contributed by atoms with Crippen LogP contribution in [-0.4, -0.2) is 22.2 Å². The van der Waals surface area contributed by atoms with Crippen molar-refractivity contribution in [3.8, 4) is 0 Å². The van der Waals surface area contributed by atoms with Crippen molar-refractivity contribution in [3.05, 3.63) is 34.4 Å². The first-order chi connectivity index (χ1) is 8.61. The van der Waals surface area contributed by atoms with E-state index in [1.807, 2.05) is 0 Å². The molecule has 0 amide bonds. The predicted molar refractivity (Wildman–Crippen MR) is 66.2 cm³/mol. The zero-order chi connectivity index (χ0) is 13.1. The van der Waals surface area contributed by atoms with Crippen LogP contribution in [0, 0.1) is 0 Å². The normalized spacial score (nSPS) is 15.3. The van der Waals surface area contributed by atoms with Gasteiger partial charge in [-0.05, 0) is 48.9 Å². The van der Waals surface area contributed by atoms with Crippen LogP contribution in [0.5, 0.6) is 0 Å². The number of carbonyl (C=O) groups is 2. The van der Waals surface area contributed by atoms with Crippen LogP contribution in [0.1, 0.15) is 57.5 Å². The summed E-state index contributed by atoms with van der Waals surface area (Å²) in [6.45, 7) is 0. The molecule has 4 nitrogen and oxygen atoms in total. The highest BCUT2D eigenvalue weighted by atomic mass is 16.4. The highest BCUT2D eigenvalue weighted by Crippen LogP contribution is 2.26. The summed E-state index contributed by atoms with van der Waals surface area (Å²) in [5, 5.41) is 18.4. The van der Waals surface area contributed by atoms with E-state index in [4.69, 9.17) is 0 Å². The second-order valence-electron chi connectivity index (χ2n) is 4.64. The van der Waals surface area contributed by atoms with E-state index in [9.17, 15) is 19.8 Å². The summed E-state index contributed by atoms with van der Waals surface area (Å²) in [6.07, 6.45) is 5.34. The largest absolute Gasteiger partial charge is 0.478 e. The van der Waals surface area contributed by atoms with Crippen molar-refractivity contribution in [1.29, 1.82) is 0 Å². The van der Waals surface area contributed by atoms with E-state index < -0.39 is 11.9 Å². The molecular formula is C14H16O4. The molecule has 0 spiro atoms. The Kier molecular flexibility index (Phi) is 3.65. The van der Waals surface area contributed by atoms with Gasteiger partial charge >= 0.3 is 11.9 Å². The number of carboxylic acid groups (broad SMARTS) is 2. The molecule has 0 fully saturated rings. The van der Waals surface area contributed by atoms with E-state index in [0.29, 0.717) is 12.8 Å². The first-order valence-corrected chi connectivity index (χ1v) is 6.22. The minimum atomic E-state index is -0.969. The molecule has 0 saturated heterocycles. The van der Waals surface area contributed by atoms with Gasteiger partial charge in [-0.2, -0.15) is 0 Å². The third-order valence-corrected chi connectivity index (χ3v) is 3.50. The van der Waals surface area contributed by atoms with Crippen LogP contribution in [0.3, 0.4) is 0 Å². The Morgan fingerprint density at radius 3 is 1.50 bits per heavy atom. The van der Waals surface area contributed by atoms with E-state index >= 15 is 0 Å². The molecule has 1 aliphatic rings. The standard InChI is InChI=1S/C14H16O4/c15-13(16)11-7-8-12(14(17)18)10-6-4-2-1-3-5-9(10)11/h7-8H,1-6H2,(H,15,16)(H,17,18). The van der Waals surface area contributed by atoms with Gasteiger partial charge in [0.25, 0.3) is 0 Å². The summed E-state index contributed by atoms with van der Waals surface area (Å²) >= 11 is 0. The van der Waals surface area contributed by atoms with Crippen LogP contribution in [-0.2, 0) is 12.8 Å². The SMILES string of the molecule is O=C(O)c1ccc(C(=O)O)c2c1CCCCCC2. The highest BCUT2D eigenvalue weighted by Gasteiger charge is 2.21. The van der Waals surface area contributed by atoms with Crippen molar-refractivity contribution in [2.75, 3.05) is 0 Å². The molecule has 4 heteroatoms. The van der Waals surface area contributed by atoms with Crippen molar-refractivity contribution < 1.29 is 19.8 Å². The zero-order valence-electron chi connectivity index (χ0n) is 10.1. The van der Waals surface area contributed by atoms with E-state index in [1.165, 1.54) is 12.1 Å². The molecule has 2 rings (SSSR count). The number of carboxylic acids is 2. The average molecular weight is 248 g/mol. The molecule has 1 aromatic carbocycles. The molecule has 0 bridgehead atoms. The molecule has 0 radical (unpaired) electrons. The molecule has 96 valence electrons. The van der Waals surface area contributed by atoms with Gasteiger partial charge in [0.2, 0.25) is 0 Å². The third-order valence-electron chi connectivity index (χ3n) is 3.50. The van der Waals surface area contributed by atoms with Gasteiger partial charge in [0, 0.05) is 0 Å². The molecule has 0 aliphatic heterocycles. The Morgan fingerprint density at radius 2 is 1.17 bits per heavy atom. The predicted octanol–water partition coefficient (Wildman–Crippen LogP) is 2.74. The molecule has 18 heavy (non-hydrogen) atoms. The maximum absolute atomic E-state index is 11.2. The Morgan fingerprint density at radius 1 is 0.778 bits per heavy atom. The molecule has 1 aromatic rings. The molecule has 0 atom stereocenters. The lowest BCUT2D eigenvalue weighted by atomic mass is 9.87. The quantitative estimate of drug-likeness (QED) is 0.843. The smallest absolute Gasteiger partial charge is 0.335 e. The van der Waals surface area contributed by atoms with Gasteiger partial charge in [-0.25, -0.2) is 9.59 Å². The molecule has 1 aliphatic carbocycles. The molecule has 0 aromatic heterocycles. The minimum Gasteiger partial charge on any atom is -0.478 e. The van der Waals surface area contributed by atoms with E-state index in [-0.39, 0.29) is 11.1 Å². The Balaban J connectivity index is 2.59. The number of benzene rings is 1. The number of fused-ring (bicyclic) bond motifs is 1. The summed E-state index contributed by atoms with van der Waals surface area (Å²) in [7, 11) is 0. The lowest BCUT2D eigenvalue weighted by Gasteiger charge is -2.18. The van der Waals surface area contributed by atoms with E-state index in [1.54, 1.807) is 0 Å². The lowest BCUT2D eigenvalue weighted by molar-refractivity contribution is 0.0678. The maximum atomic E-state index is 11.2. The Hall–Kier alpha value is -1.84. The van der Waals surface area contributed by atoms with Crippen LogP contribution in [0.25, 0.3) is 0 Å². The summed E-state index contributed by atoms with van der Waals surface area (Å²) < 4.78 is 0. The first-order valence-electron chi connectivity index (χ1n) is 6.22. The first kappa shape index (κ1) is 12.6. The van der Waals surface area contributed by atoms with Gasteiger partial charge in [0.1, 0.15) is 0 Å². The highest BCUT2D eigenvalue weighted by molar-refractivity contribution is 5.95. The van der Waals surface area contributed by atoms with Crippen molar-refractivity contribution >= 4 is 11.9 Å². The van der Waals surface area contributed by atoms with Crippen LogP contribution >= 0.6 is 0 Å². The minimum absolute atomic E-state index is 0.261. The molecular weight excluding hydrogens is 232 g/mol. The summed E-state index contributed by atoms with van der Waals surface area (Å²) in [5.74, 6) is -1.94. The second-order valence-corrected chi connectivity index (χ2v) is 4.64. The summed E-state index contributed by atoms with van der Waals surface area (Å²) in [4.78, 5) is 22.4. The fourth-order valence-electron chi connectivity index (χ4n) is 2.62. The van der Waals surface area contributed by atoms with Crippen LogP contribution in [0.4, 0.5) is 0 Å². The average Bonchev–Trinajstić information content (AvgIpc) is 2.27. The van der Waals surface area contributed by atoms with Gasteiger partial charge < -0.3 is 10.2 Å². The maximum Gasteiger partial charge on any atom is 0.335 e. The second kappa shape index (κ2) is 5.21. The third kappa shape index (κ3) is 2.37. The fraction of sp³-hybridized carbons (Fsp3) is 0.429. The van der Waals surface area contributed by atoms with Crippen LogP contribution in [0.15, 0.2) is 12.1 Å². The number of aromatic carboxylic acids is 2. The van der Waals surface area contributed by atoms with Crippen LogP contribution < -0.4 is 0 Å². The summed E-state index contributed by atoms with van der Waals surface area (Å²) in [6, 6.07) is 2.85. The lowest BCUT2D eigenvalue weighted by Crippen LogP contribution is -2.13. The van der Waals surface area contributed by atoms with Gasteiger partial charge in [-0.15, -0.1) is 0 Å². The number of hydrogen-bond donors (Lipinski definition) is 2. The van der Waals surface area contributed by atoms with E-state index in [0.717, 1.165) is 36.8 Å². The van der Waals surface area contributed by atoms with Gasteiger partial charge in [-0.1, -0.05) is 12.8 Å².